The normalized spacial score (nSPS) is 9.74. The average Bonchev–Trinajstić information content (AvgIpc) is 2.45. The number of hydrogen-bond acceptors (Lipinski definition) is 3. The van der Waals surface area contributed by atoms with Crippen molar-refractivity contribution >= 4 is 23.4 Å². The summed E-state index contributed by atoms with van der Waals surface area (Å²) in [6.45, 7) is 0.231. The molecule has 2 N–H and O–H groups in total. The molecule has 0 atom stereocenters. The Morgan fingerprint density at radius 3 is 2.42 bits per heavy atom. The predicted molar refractivity (Wildman–Crippen MR) is 74.8 cm³/mol. The molecule has 0 unspecified atom stereocenters. The molecular formula is C14H13ClN2O2. The van der Waals surface area contributed by atoms with Crippen molar-refractivity contribution in [1.82, 2.24) is 5.43 Å². The fraction of sp³-hybridized carbons (Fsp3) is 0.0714. The Balaban J connectivity index is 1.74. The molecule has 0 heterocycles. The number of carbonyl (C=O) groups is 1. The lowest BCUT2D eigenvalue weighted by atomic mass is 10.2. The number of hydrazine groups is 1. The molecule has 0 spiro atoms. The van der Waals surface area contributed by atoms with Gasteiger partial charge < -0.3 is 4.74 Å². The molecule has 0 radical (unpaired) electrons. The second kappa shape index (κ2) is 6.66. The van der Waals surface area contributed by atoms with E-state index < -0.39 is 6.09 Å². The van der Waals surface area contributed by atoms with Crippen LogP contribution in [-0.4, -0.2) is 6.09 Å². The molecule has 98 valence electrons. The highest BCUT2D eigenvalue weighted by molar-refractivity contribution is 6.30. The van der Waals surface area contributed by atoms with E-state index in [4.69, 9.17) is 16.3 Å². The average molecular weight is 277 g/mol. The third kappa shape index (κ3) is 4.52. The van der Waals surface area contributed by atoms with Crippen LogP contribution in [0.5, 0.6) is 0 Å². The lowest BCUT2D eigenvalue weighted by molar-refractivity contribution is 0.142. The quantitative estimate of drug-likeness (QED) is 0.839. The van der Waals surface area contributed by atoms with Gasteiger partial charge in [-0.2, -0.15) is 0 Å². The maximum Gasteiger partial charge on any atom is 0.426 e. The van der Waals surface area contributed by atoms with Crippen molar-refractivity contribution in [3.63, 3.8) is 0 Å². The van der Waals surface area contributed by atoms with Gasteiger partial charge in [0.25, 0.3) is 0 Å². The standard InChI is InChI=1S/C14H13ClN2O2/c15-12-6-8-13(9-7-12)16-17-14(18)19-10-11-4-2-1-3-5-11/h1-9,16H,10H2,(H,17,18). The van der Waals surface area contributed by atoms with Crippen molar-refractivity contribution in [2.24, 2.45) is 0 Å². The Labute approximate surface area is 116 Å². The van der Waals surface area contributed by atoms with Crippen LogP contribution in [0.3, 0.4) is 0 Å². The number of hydrogen-bond donors (Lipinski definition) is 2. The van der Waals surface area contributed by atoms with Crippen molar-refractivity contribution in [3.05, 3.63) is 65.2 Å². The van der Waals surface area contributed by atoms with Crippen molar-refractivity contribution in [2.75, 3.05) is 5.43 Å². The Hall–Kier alpha value is -2.20. The molecule has 0 aromatic heterocycles. The van der Waals surface area contributed by atoms with Gasteiger partial charge in [0, 0.05) is 5.02 Å². The first kappa shape index (κ1) is 13.2. The van der Waals surface area contributed by atoms with Gasteiger partial charge in [0.15, 0.2) is 0 Å². The summed E-state index contributed by atoms with van der Waals surface area (Å²) in [4.78, 5) is 11.4. The molecule has 0 aliphatic heterocycles. The summed E-state index contributed by atoms with van der Waals surface area (Å²) in [5.41, 5.74) is 6.82. The predicted octanol–water partition coefficient (Wildman–Crippen LogP) is 3.59. The van der Waals surface area contributed by atoms with E-state index in [2.05, 4.69) is 10.9 Å². The second-order valence-electron chi connectivity index (χ2n) is 3.82. The van der Waals surface area contributed by atoms with Crippen molar-refractivity contribution in [2.45, 2.75) is 6.61 Å². The maximum atomic E-state index is 11.4. The summed E-state index contributed by atoms with van der Waals surface area (Å²) in [7, 11) is 0. The molecule has 2 aromatic rings. The van der Waals surface area contributed by atoms with E-state index in [1.807, 2.05) is 30.3 Å². The molecular weight excluding hydrogens is 264 g/mol. The van der Waals surface area contributed by atoms with Gasteiger partial charge in [-0.15, -0.1) is 0 Å². The van der Waals surface area contributed by atoms with Gasteiger partial charge in [0.1, 0.15) is 6.61 Å². The summed E-state index contributed by atoms with van der Waals surface area (Å²) in [5, 5.41) is 0.636. The second-order valence-corrected chi connectivity index (χ2v) is 4.26. The van der Waals surface area contributed by atoms with Crippen LogP contribution in [0.4, 0.5) is 10.5 Å². The highest BCUT2D eigenvalue weighted by atomic mass is 35.5. The number of nitrogens with one attached hydrogen (secondary N) is 2. The Kier molecular flexibility index (Phi) is 4.64. The van der Waals surface area contributed by atoms with Crippen LogP contribution < -0.4 is 10.9 Å². The smallest absolute Gasteiger partial charge is 0.426 e. The summed E-state index contributed by atoms with van der Waals surface area (Å²) >= 11 is 5.75. The molecule has 19 heavy (non-hydrogen) atoms. The van der Waals surface area contributed by atoms with Crippen molar-refractivity contribution in [1.29, 1.82) is 0 Å². The van der Waals surface area contributed by atoms with Gasteiger partial charge >= 0.3 is 6.09 Å². The van der Waals surface area contributed by atoms with Gasteiger partial charge in [-0.1, -0.05) is 41.9 Å². The molecule has 1 amide bonds. The fourth-order valence-electron chi connectivity index (χ4n) is 1.42. The van der Waals surface area contributed by atoms with E-state index in [-0.39, 0.29) is 6.61 Å². The molecule has 0 fully saturated rings. The number of rotatable bonds is 4. The summed E-state index contributed by atoms with van der Waals surface area (Å²) in [6.07, 6.45) is -0.543. The van der Waals surface area contributed by atoms with Crippen LogP contribution in [0.2, 0.25) is 5.02 Å². The summed E-state index contributed by atoms with van der Waals surface area (Å²) in [5.74, 6) is 0. The van der Waals surface area contributed by atoms with Crippen LogP contribution in [0.1, 0.15) is 5.56 Å². The Morgan fingerprint density at radius 1 is 1.05 bits per heavy atom. The first-order valence-corrected chi connectivity index (χ1v) is 6.10. The lowest BCUT2D eigenvalue weighted by Crippen LogP contribution is -2.29. The summed E-state index contributed by atoms with van der Waals surface area (Å²) < 4.78 is 5.03. The van der Waals surface area contributed by atoms with Crippen LogP contribution in [0.15, 0.2) is 54.6 Å². The van der Waals surface area contributed by atoms with E-state index >= 15 is 0 Å². The molecule has 2 aromatic carbocycles. The van der Waals surface area contributed by atoms with Gasteiger partial charge in [-0.05, 0) is 29.8 Å². The molecule has 5 heteroatoms. The number of ether oxygens (including phenoxy) is 1. The number of amides is 1. The zero-order chi connectivity index (χ0) is 13.5. The maximum absolute atomic E-state index is 11.4. The van der Waals surface area contributed by atoms with E-state index in [1.165, 1.54) is 0 Å². The number of carbonyl (C=O) groups excluding carboxylic acids is 1. The zero-order valence-electron chi connectivity index (χ0n) is 10.1. The minimum Gasteiger partial charge on any atom is -0.443 e. The van der Waals surface area contributed by atoms with Crippen LogP contribution in [0.25, 0.3) is 0 Å². The minimum atomic E-state index is -0.543. The van der Waals surface area contributed by atoms with E-state index in [0.29, 0.717) is 5.02 Å². The highest BCUT2D eigenvalue weighted by Crippen LogP contribution is 2.12. The highest BCUT2D eigenvalue weighted by Gasteiger charge is 2.01. The topological polar surface area (TPSA) is 50.4 Å². The summed E-state index contributed by atoms with van der Waals surface area (Å²) in [6, 6.07) is 16.4. The first-order valence-electron chi connectivity index (χ1n) is 5.72. The first-order chi connectivity index (χ1) is 9.24. The third-order valence-electron chi connectivity index (χ3n) is 2.37. The lowest BCUT2D eigenvalue weighted by Gasteiger charge is -2.09. The molecule has 0 saturated carbocycles. The molecule has 0 aliphatic rings. The van der Waals surface area contributed by atoms with Crippen LogP contribution in [0, 0.1) is 0 Å². The monoisotopic (exact) mass is 276 g/mol. The van der Waals surface area contributed by atoms with Crippen molar-refractivity contribution < 1.29 is 9.53 Å². The minimum absolute atomic E-state index is 0.231. The molecule has 2 rings (SSSR count). The molecule has 0 aliphatic carbocycles. The molecule has 4 nitrogen and oxygen atoms in total. The van der Waals surface area contributed by atoms with E-state index in [1.54, 1.807) is 24.3 Å². The van der Waals surface area contributed by atoms with Crippen molar-refractivity contribution in [3.8, 4) is 0 Å². The van der Waals surface area contributed by atoms with Crippen LogP contribution in [-0.2, 0) is 11.3 Å². The fourth-order valence-corrected chi connectivity index (χ4v) is 1.54. The van der Waals surface area contributed by atoms with E-state index in [0.717, 1.165) is 11.3 Å². The number of anilines is 1. The SMILES string of the molecule is O=C(NNc1ccc(Cl)cc1)OCc1ccccc1. The zero-order valence-corrected chi connectivity index (χ0v) is 10.9. The third-order valence-corrected chi connectivity index (χ3v) is 2.62. The molecule has 0 bridgehead atoms. The van der Waals surface area contributed by atoms with Gasteiger partial charge in [-0.3, -0.25) is 5.43 Å². The Morgan fingerprint density at radius 2 is 1.74 bits per heavy atom. The van der Waals surface area contributed by atoms with Gasteiger partial charge in [0.05, 0.1) is 5.69 Å². The Bertz CT molecular complexity index is 529. The number of halogens is 1. The van der Waals surface area contributed by atoms with Gasteiger partial charge in [-0.25, -0.2) is 10.2 Å². The van der Waals surface area contributed by atoms with Crippen LogP contribution >= 0.6 is 11.6 Å². The van der Waals surface area contributed by atoms with Gasteiger partial charge in [0.2, 0.25) is 0 Å². The molecule has 0 saturated heterocycles. The van der Waals surface area contributed by atoms with E-state index in [9.17, 15) is 4.79 Å². The number of benzene rings is 2. The largest absolute Gasteiger partial charge is 0.443 e.